The molecule has 0 radical (unpaired) electrons. The van der Waals surface area contributed by atoms with Gasteiger partial charge in [-0.15, -0.1) is 10.2 Å². The van der Waals surface area contributed by atoms with Gasteiger partial charge in [0, 0.05) is 12.1 Å². The van der Waals surface area contributed by atoms with Crippen molar-refractivity contribution in [3.05, 3.63) is 70.8 Å². The summed E-state index contributed by atoms with van der Waals surface area (Å²) in [5.74, 6) is 0.332. The van der Waals surface area contributed by atoms with E-state index in [4.69, 9.17) is 0 Å². The number of fused-ring (bicyclic) bond motifs is 1. The second-order valence-electron chi connectivity index (χ2n) is 7.02. The SMILES string of the molecule is CCc1nnc2n1N[C@@H](c1ccc(F)cc1)[C@@H](C(=O)Nc1cccc(C)c1C)S2. The lowest BCUT2D eigenvalue weighted by Crippen LogP contribution is -2.41. The number of benzene rings is 2. The van der Waals surface area contributed by atoms with Crippen LogP contribution in [0.25, 0.3) is 0 Å². The summed E-state index contributed by atoms with van der Waals surface area (Å²) in [6.07, 6.45) is 0.704. The molecule has 1 aliphatic heterocycles. The average Bonchev–Trinajstić information content (AvgIpc) is 3.13. The number of anilines is 1. The third-order valence-electron chi connectivity index (χ3n) is 5.17. The number of nitrogens with one attached hydrogen (secondary N) is 2. The molecule has 0 bridgehead atoms. The molecule has 150 valence electrons. The molecule has 8 heteroatoms. The zero-order chi connectivity index (χ0) is 20.5. The standard InChI is InChI=1S/C21H22FN5OS/c1-4-17-24-25-21-27(17)26-18(14-8-10-15(22)11-9-14)19(29-21)20(28)23-16-7-5-6-12(2)13(16)3/h5-11,18-19,26H,4H2,1-3H3,(H,23,28)/t18-,19-/m0/s1. The van der Waals surface area contributed by atoms with Crippen molar-refractivity contribution < 1.29 is 9.18 Å². The van der Waals surface area contributed by atoms with E-state index in [0.717, 1.165) is 28.2 Å². The first-order chi connectivity index (χ1) is 14.0. The van der Waals surface area contributed by atoms with Crippen LogP contribution in [0.2, 0.25) is 0 Å². The van der Waals surface area contributed by atoms with Crippen molar-refractivity contribution in [3.63, 3.8) is 0 Å². The molecule has 0 aliphatic carbocycles. The minimum atomic E-state index is -0.498. The van der Waals surface area contributed by atoms with E-state index in [1.165, 1.54) is 23.9 Å². The molecule has 3 aromatic rings. The Morgan fingerprint density at radius 1 is 1.21 bits per heavy atom. The summed E-state index contributed by atoms with van der Waals surface area (Å²) >= 11 is 1.36. The van der Waals surface area contributed by atoms with Gasteiger partial charge >= 0.3 is 0 Å². The smallest absolute Gasteiger partial charge is 0.240 e. The van der Waals surface area contributed by atoms with Gasteiger partial charge in [0.25, 0.3) is 0 Å². The highest BCUT2D eigenvalue weighted by Gasteiger charge is 2.37. The molecule has 2 heterocycles. The fourth-order valence-electron chi connectivity index (χ4n) is 3.34. The van der Waals surface area contributed by atoms with Gasteiger partial charge in [0.2, 0.25) is 11.1 Å². The molecule has 6 nitrogen and oxygen atoms in total. The molecule has 1 amide bonds. The van der Waals surface area contributed by atoms with Gasteiger partial charge < -0.3 is 10.7 Å². The van der Waals surface area contributed by atoms with Gasteiger partial charge in [-0.25, -0.2) is 9.07 Å². The number of aryl methyl sites for hydroxylation is 2. The Bertz CT molecular complexity index is 1050. The van der Waals surface area contributed by atoms with E-state index in [9.17, 15) is 9.18 Å². The predicted octanol–water partition coefficient (Wildman–Crippen LogP) is 3.99. The van der Waals surface area contributed by atoms with Crippen molar-refractivity contribution in [2.75, 3.05) is 10.7 Å². The predicted molar refractivity (Wildman–Crippen MR) is 112 cm³/mol. The average molecular weight is 412 g/mol. The summed E-state index contributed by atoms with van der Waals surface area (Å²) in [5.41, 5.74) is 7.11. The number of nitrogens with zero attached hydrogens (tertiary/aromatic N) is 3. The van der Waals surface area contributed by atoms with E-state index in [1.807, 2.05) is 43.6 Å². The summed E-state index contributed by atoms with van der Waals surface area (Å²) in [5, 5.41) is 11.6. The third kappa shape index (κ3) is 3.72. The Morgan fingerprint density at radius 2 is 1.97 bits per heavy atom. The van der Waals surface area contributed by atoms with E-state index in [1.54, 1.807) is 12.1 Å². The van der Waals surface area contributed by atoms with E-state index < -0.39 is 5.25 Å². The van der Waals surface area contributed by atoms with Gasteiger partial charge in [0.15, 0.2) is 5.82 Å². The van der Waals surface area contributed by atoms with Gasteiger partial charge in [-0.3, -0.25) is 4.79 Å². The lowest BCUT2D eigenvalue weighted by Gasteiger charge is -2.33. The number of thioether (sulfide) groups is 1. The Balaban J connectivity index is 1.69. The monoisotopic (exact) mass is 411 g/mol. The number of hydrogen-bond acceptors (Lipinski definition) is 5. The van der Waals surface area contributed by atoms with Crippen LogP contribution in [0.4, 0.5) is 10.1 Å². The first-order valence-electron chi connectivity index (χ1n) is 9.48. The summed E-state index contributed by atoms with van der Waals surface area (Å²) in [4.78, 5) is 13.3. The number of aromatic nitrogens is 3. The molecule has 29 heavy (non-hydrogen) atoms. The highest BCUT2D eigenvalue weighted by atomic mass is 32.2. The van der Waals surface area contributed by atoms with E-state index in [2.05, 4.69) is 20.9 Å². The van der Waals surface area contributed by atoms with Crippen molar-refractivity contribution in [3.8, 4) is 0 Å². The Hall–Kier alpha value is -2.87. The van der Waals surface area contributed by atoms with E-state index >= 15 is 0 Å². The molecular formula is C21H22FN5OS. The maximum absolute atomic E-state index is 13.5. The van der Waals surface area contributed by atoms with Crippen molar-refractivity contribution >= 4 is 23.4 Å². The Labute approximate surface area is 172 Å². The molecule has 0 spiro atoms. The highest BCUT2D eigenvalue weighted by molar-refractivity contribution is 8.00. The maximum Gasteiger partial charge on any atom is 0.240 e. The van der Waals surface area contributed by atoms with Crippen LogP contribution in [0.5, 0.6) is 0 Å². The number of carbonyl (C=O) groups excluding carboxylic acids is 1. The van der Waals surface area contributed by atoms with Crippen molar-refractivity contribution in [2.45, 2.75) is 43.6 Å². The molecular weight excluding hydrogens is 389 g/mol. The number of halogens is 1. The van der Waals surface area contributed by atoms with Crippen LogP contribution >= 0.6 is 11.8 Å². The lowest BCUT2D eigenvalue weighted by molar-refractivity contribution is -0.116. The topological polar surface area (TPSA) is 71.8 Å². The quantitative estimate of drug-likeness (QED) is 0.679. The first kappa shape index (κ1) is 19.4. The van der Waals surface area contributed by atoms with Crippen LogP contribution in [0.3, 0.4) is 0 Å². The zero-order valence-electron chi connectivity index (χ0n) is 16.4. The molecule has 1 aliphatic rings. The van der Waals surface area contributed by atoms with E-state index in [0.29, 0.717) is 11.6 Å². The Morgan fingerprint density at radius 3 is 2.69 bits per heavy atom. The van der Waals surface area contributed by atoms with Gasteiger partial charge in [-0.2, -0.15) is 0 Å². The third-order valence-corrected chi connectivity index (χ3v) is 6.39. The lowest BCUT2D eigenvalue weighted by atomic mass is 10.0. The maximum atomic E-state index is 13.5. The van der Waals surface area contributed by atoms with Gasteiger partial charge in [0.1, 0.15) is 11.1 Å². The van der Waals surface area contributed by atoms with Gasteiger partial charge in [-0.1, -0.05) is 43.0 Å². The molecule has 2 N–H and O–H groups in total. The molecule has 2 atom stereocenters. The summed E-state index contributed by atoms with van der Waals surface area (Å²) in [7, 11) is 0. The minimum absolute atomic E-state index is 0.141. The van der Waals surface area contributed by atoms with Crippen LogP contribution in [0, 0.1) is 19.7 Å². The fourth-order valence-corrected chi connectivity index (χ4v) is 4.44. The minimum Gasteiger partial charge on any atom is -0.325 e. The fraction of sp³-hybridized carbons (Fsp3) is 0.286. The van der Waals surface area contributed by atoms with E-state index in [-0.39, 0.29) is 17.8 Å². The normalized spacial score (nSPS) is 18.1. The van der Waals surface area contributed by atoms with Crippen molar-refractivity contribution in [1.82, 2.24) is 14.9 Å². The molecule has 2 aromatic carbocycles. The number of rotatable bonds is 4. The van der Waals surface area contributed by atoms with Gasteiger partial charge in [0.05, 0.1) is 6.04 Å². The first-order valence-corrected chi connectivity index (χ1v) is 10.4. The largest absolute Gasteiger partial charge is 0.325 e. The second-order valence-corrected chi connectivity index (χ2v) is 8.13. The van der Waals surface area contributed by atoms with Crippen LogP contribution in [-0.2, 0) is 11.2 Å². The molecule has 0 saturated heterocycles. The number of amides is 1. The van der Waals surface area contributed by atoms with Gasteiger partial charge in [-0.05, 0) is 48.7 Å². The van der Waals surface area contributed by atoms with Crippen LogP contribution in [0.15, 0.2) is 47.6 Å². The molecule has 0 saturated carbocycles. The second kappa shape index (κ2) is 7.87. The number of hydrogen-bond donors (Lipinski definition) is 2. The number of carbonyl (C=O) groups is 1. The van der Waals surface area contributed by atoms with Crippen LogP contribution in [0.1, 0.15) is 35.5 Å². The van der Waals surface area contributed by atoms with Crippen molar-refractivity contribution in [1.29, 1.82) is 0 Å². The Kier molecular flexibility index (Phi) is 5.27. The van der Waals surface area contributed by atoms with Crippen molar-refractivity contribution in [2.24, 2.45) is 0 Å². The molecule has 0 unspecified atom stereocenters. The highest BCUT2D eigenvalue weighted by Crippen LogP contribution is 2.38. The van der Waals surface area contributed by atoms with Crippen LogP contribution in [-0.4, -0.2) is 26.0 Å². The molecule has 0 fully saturated rings. The zero-order valence-corrected chi connectivity index (χ0v) is 17.3. The molecule has 1 aromatic heterocycles. The molecule has 4 rings (SSSR count). The van der Waals surface area contributed by atoms with Crippen LogP contribution < -0.4 is 10.7 Å². The summed E-state index contributed by atoms with van der Waals surface area (Å²) in [6, 6.07) is 11.7. The summed E-state index contributed by atoms with van der Waals surface area (Å²) < 4.78 is 15.3. The summed E-state index contributed by atoms with van der Waals surface area (Å²) in [6.45, 7) is 5.99.